The summed E-state index contributed by atoms with van der Waals surface area (Å²) in [6.07, 6.45) is 1.11. The number of nitrogens with one attached hydrogen (secondary N) is 3. The lowest BCUT2D eigenvalue weighted by Gasteiger charge is -2.15. The van der Waals surface area contributed by atoms with Crippen molar-refractivity contribution in [3.05, 3.63) is 52.4 Å². The number of H-pyrrole nitrogens is 1. The van der Waals surface area contributed by atoms with E-state index in [0.29, 0.717) is 30.8 Å². The van der Waals surface area contributed by atoms with Crippen LogP contribution in [0.25, 0.3) is 11.0 Å². The molecule has 0 spiro atoms. The van der Waals surface area contributed by atoms with Crippen LogP contribution in [0, 0.1) is 6.92 Å². The van der Waals surface area contributed by atoms with Crippen molar-refractivity contribution < 1.29 is 9.84 Å². The van der Waals surface area contributed by atoms with Gasteiger partial charge < -0.3 is 20.5 Å². The molecule has 0 amide bonds. The average Bonchev–Trinajstić information content (AvgIpc) is 3.17. The highest BCUT2D eigenvalue weighted by atomic mass is 16.5. The van der Waals surface area contributed by atoms with Crippen LogP contribution in [0.4, 0.5) is 5.69 Å². The molecule has 0 radical (unpaired) electrons. The Labute approximate surface area is 157 Å². The summed E-state index contributed by atoms with van der Waals surface area (Å²) in [4.78, 5) is 12.3. The maximum absolute atomic E-state index is 12.3. The predicted molar refractivity (Wildman–Crippen MR) is 105 cm³/mol. The van der Waals surface area contributed by atoms with Gasteiger partial charge in [-0.05, 0) is 19.1 Å². The first-order valence-corrected chi connectivity index (χ1v) is 8.91. The molecule has 0 saturated heterocycles. The maximum Gasteiger partial charge on any atom is 0.256 e. The summed E-state index contributed by atoms with van der Waals surface area (Å²) in [7, 11) is 1.72. The van der Waals surface area contributed by atoms with Gasteiger partial charge in [-0.25, -0.2) is 0 Å². The van der Waals surface area contributed by atoms with E-state index in [2.05, 4.69) is 20.8 Å². The summed E-state index contributed by atoms with van der Waals surface area (Å²) >= 11 is 0. The number of aromatic amines is 1. The van der Waals surface area contributed by atoms with Gasteiger partial charge >= 0.3 is 0 Å². The minimum absolute atomic E-state index is 0.0595. The van der Waals surface area contributed by atoms with Crippen LogP contribution in [0.5, 0.6) is 5.75 Å². The van der Waals surface area contributed by atoms with Crippen molar-refractivity contribution in [3.8, 4) is 5.75 Å². The Bertz CT molecular complexity index is 936. The minimum Gasteiger partial charge on any atom is -0.491 e. The summed E-state index contributed by atoms with van der Waals surface area (Å²) in [5.74, 6) is 0.739. The summed E-state index contributed by atoms with van der Waals surface area (Å²) < 4.78 is 7.08. The lowest BCUT2D eigenvalue weighted by Crippen LogP contribution is -2.34. The number of fused-ring (bicyclic) bond motifs is 1. The van der Waals surface area contributed by atoms with E-state index in [-0.39, 0.29) is 12.2 Å². The molecule has 1 atom stereocenters. The topological polar surface area (TPSA) is 104 Å². The molecule has 0 bridgehead atoms. The third kappa shape index (κ3) is 4.47. The zero-order valence-electron chi connectivity index (χ0n) is 15.5. The zero-order chi connectivity index (χ0) is 19.2. The molecule has 4 N–H and O–H groups in total. The van der Waals surface area contributed by atoms with E-state index in [1.807, 2.05) is 30.3 Å². The van der Waals surface area contributed by atoms with Crippen molar-refractivity contribution >= 4 is 16.7 Å². The minimum atomic E-state index is -0.600. The van der Waals surface area contributed by atoms with Gasteiger partial charge in [0.15, 0.2) is 0 Å². The first-order valence-electron chi connectivity index (χ1n) is 8.91. The second kappa shape index (κ2) is 8.70. The van der Waals surface area contributed by atoms with Gasteiger partial charge in [0.1, 0.15) is 24.1 Å². The van der Waals surface area contributed by atoms with E-state index in [1.165, 1.54) is 0 Å². The molecule has 2 aromatic heterocycles. The van der Waals surface area contributed by atoms with Crippen LogP contribution < -0.4 is 20.9 Å². The summed E-state index contributed by atoms with van der Waals surface area (Å²) in [5.41, 5.74) is 2.07. The van der Waals surface area contributed by atoms with Crippen LogP contribution in [0.3, 0.4) is 0 Å². The van der Waals surface area contributed by atoms with Crippen LogP contribution in [0.1, 0.15) is 5.56 Å². The number of aliphatic hydroxyl groups excluding tert-OH is 1. The standard InChI is InChI=1S/C19H25N5O3/c1-13-17(16-11-22-23-18(16)24(2)19(13)26)21-9-8-20-10-14(25)12-27-15-6-4-3-5-7-15/h3-7,11,14,20-21,25H,8-10,12H2,1-2H3,(H,22,23). The molecule has 3 rings (SSSR count). The predicted octanol–water partition coefficient (Wildman–Crippen LogP) is 1.01. The van der Waals surface area contributed by atoms with E-state index in [4.69, 9.17) is 4.74 Å². The molecule has 0 aliphatic heterocycles. The third-order valence-electron chi connectivity index (χ3n) is 4.39. The van der Waals surface area contributed by atoms with Crippen molar-refractivity contribution in [2.45, 2.75) is 13.0 Å². The van der Waals surface area contributed by atoms with Gasteiger partial charge in [-0.1, -0.05) is 18.2 Å². The first-order chi connectivity index (χ1) is 13.1. The SMILES string of the molecule is Cc1c(NCCNCC(O)COc2ccccc2)c2cn[nH]c2n(C)c1=O. The van der Waals surface area contributed by atoms with Crippen molar-refractivity contribution in [1.82, 2.24) is 20.1 Å². The number of benzene rings is 1. The fourth-order valence-electron chi connectivity index (χ4n) is 2.92. The Balaban J connectivity index is 1.45. The number of nitrogens with zero attached hydrogens (tertiary/aromatic N) is 2. The van der Waals surface area contributed by atoms with Gasteiger partial charge in [0.05, 0.1) is 17.3 Å². The fourth-order valence-corrected chi connectivity index (χ4v) is 2.92. The molecular formula is C19H25N5O3. The van der Waals surface area contributed by atoms with Gasteiger partial charge in [-0.2, -0.15) is 5.10 Å². The van der Waals surface area contributed by atoms with Crippen LogP contribution in [0.2, 0.25) is 0 Å². The molecule has 3 aromatic rings. The number of aliphatic hydroxyl groups is 1. The van der Waals surface area contributed by atoms with Crippen LogP contribution in [-0.2, 0) is 7.05 Å². The molecule has 0 aliphatic carbocycles. The Hall–Kier alpha value is -2.84. The second-order valence-corrected chi connectivity index (χ2v) is 6.41. The molecule has 2 heterocycles. The van der Waals surface area contributed by atoms with Gasteiger partial charge in [0.2, 0.25) is 0 Å². The highest BCUT2D eigenvalue weighted by Crippen LogP contribution is 2.22. The molecule has 0 aliphatic rings. The number of anilines is 1. The first kappa shape index (κ1) is 18.9. The zero-order valence-corrected chi connectivity index (χ0v) is 15.5. The van der Waals surface area contributed by atoms with Crippen LogP contribution >= 0.6 is 0 Å². The molecular weight excluding hydrogens is 346 g/mol. The number of aryl methyl sites for hydroxylation is 1. The third-order valence-corrected chi connectivity index (χ3v) is 4.39. The van der Waals surface area contributed by atoms with E-state index < -0.39 is 6.10 Å². The summed E-state index contributed by atoms with van der Waals surface area (Å²) in [5, 5.41) is 24.2. The van der Waals surface area contributed by atoms with E-state index in [1.54, 1.807) is 24.7 Å². The largest absolute Gasteiger partial charge is 0.491 e. The van der Waals surface area contributed by atoms with Crippen molar-refractivity contribution in [3.63, 3.8) is 0 Å². The second-order valence-electron chi connectivity index (χ2n) is 6.41. The number of pyridine rings is 1. The molecule has 1 unspecified atom stereocenters. The number of aromatic nitrogens is 3. The Morgan fingerprint density at radius 1 is 1.30 bits per heavy atom. The smallest absolute Gasteiger partial charge is 0.256 e. The number of ether oxygens (including phenoxy) is 1. The molecule has 0 saturated carbocycles. The molecule has 1 aromatic carbocycles. The monoisotopic (exact) mass is 371 g/mol. The van der Waals surface area contributed by atoms with Gasteiger partial charge in [-0.15, -0.1) is 0 Å². The van der Waals surface area contributed by atoms with Gasteiger partial charge in [-0.3, -0.25) is 14.5 Å². The Kier molecular flexibility index (Phi) is 6.10. The number of hydrogen-bond acceptors (Lipinski definition) is 6. The maximum atomic E-state index is 12.3. The Morgan fingerprint density at radius 3 is 2.85 bits per heavy atom. The molecule has 144 valence electrons. The summed E-state index contributed by atoms with van der Waals surface area (Å²) in [6.45, 7) is 3.70. The number of hydrogen-bond donors (Lipinski definition) is 4. The molecule has 0 fully saturated rings. The van der Waals surface area contributed by atoms with Crippen molar-refractivity contribution in [1.29, 1.82) is 0 Å². The van der Waals surface area contributed by atoms with E-state index >= 15 is 0 Å². The molecule has 27 heavy (non-hydrogen) atoms. The van der Waals surface area contributed by atoms with Gasteiger partial charge in [0.25, 0.3) is 5.56 Å². The van der Waals surface area contributed by atoms with E-state index in [0.717, 1.165) is 16.8 Å². The normalized spacial score (nSPS) is 12.3. The number of para-hydroxylation sites is 1. The van der Waals surface area contributed by atoms with Crippen molar-refractivity contribution in [2.75, 3.05) is 31.6 Å². The lowest BCUT2D eigenvalue weighted by atomic mass is 10.2. The highest BCUT2D eigenvalue weighted by Gasteiger charge is 2.13. The Morgan fingerprint density at radius 2 is 2.07 bits per heavy atom. The quantitative estimate of drug-likeness (QED) is 0.419. The number of rotatable bonds is 9. The summed E-state index contributed by atoms with van der Waals surface area (Å²) in [6, 6.07) is 9.41. The molecule has 8 nitrogen and oxygen atoms in total. The lowest BCUT2D eigenvalue weighted by molar-refractivity contribution is 0.107. The average molecular weight is 371 g/mol. The van der Waals surface area contributed by atoms with Crippen LogP contribution in [0.15, 0.2) is 41.3 Å². The van der Waals surface area contributed by atoms with Gasteiger partial charge in [0, 0.05) is 32.2 Å². The molecule has 8 heteroatoms. The van der Waals surface area contributed by atoms with Crippen molar-refractivity contribution in [2.24, 2.45) is 7.05 Å². The van der Waals surface area contributed by atoms with E-state index in [9.17, 15) is 9.90 Å². The highest BCUT2D eigenvalue weighted by molar-refractivity contribution is 5.90. The fraction of sp³-hybridized carbons (Fsp3) is 0.368. The van der Waals surface area contributed by atoms with Crippen LogP contribution in [-0.4, -0.2) is 52.2 Å².